The van der Waals surface area contributed by atoms with Gasteiger partial charge < -0.3 is 19.5 Å². The number of carbonyl (C=O) groups is 1. The zero-order chi connectivity index (χ0) is 14.7. The maximum absolute atomic E-state index is 12.1. The SMILES string of the molecule is O=C(COc1ccc2nncn2n1)N1CCOCC(O)C1. The van der Waals surface area contributed by atoms with Crippen LogP contribution in [0.25, 0.3) is 5.65 Å². The van der Waals surface area contributed by atoms with Crippen molar-refractivity contribution in [3.63, 3.8) is 0 Å². The molecule has 0 aromatic carbocycles. The third kappa shape index (κ3) is 3.26. The molecule has 1 unspecified atom stereocenters. The number of aromatic nitrogens is 4. The average Bonchev–Trinajstić information content (AvgIpc) is 2.84. The van der Waals surface area contributed by atoms with Gasteiger partial charge >= 0.3 is 0 Å². The van der Waals surface area contributed by atoms with Gasteiger partial charge in [0.15, 0.2) is 12.3 Å². The molecule has 1 amide bonds. The highest BCUT2D eigenvalue weighted by Gasteiger charge is 2.21. The number of aliphatic hydroxyl groups is 1. The van der Waals surface area contributed by atoms with Crippen LogP contribution in [0, 0.1) is 0 Å². The van der Waals surface area contributed by atoms with Crippen LogP contribution in [0.15, 0.2) is 18.5 Å². The number of nitrogens with zero attached hydrogens (tertiary/aromatic N) is 5. The number of hydrogen-bond acceptors (Lipinski definition) is 7. The van der Waals surface area contributed by atoms with Crippen molar-refractivity contribution in [1.29, 1.82) is 0 Å². The van der Waals surface area contributed by atoms with Crippen molar-refractivity contribution in [2.24, 2.45) is 0 Å². The third-order valence-electron chi connectivity index (χ3n) is 3.08. The van der Waals surface area contributed by atoms with Crippen LogP contribution in [0.2, 0.25) is 0 Å². The number of fused-ring (bicyclic) bond motifs is 1. The largest absolute Gasteiger partial charge is 0.467 e. The summed E-state index contributed by atoms with van der Waals surface area (Å²) in [6.07, 6.45) is 0.787. The molecule has 1 saturated heterocycles. The lowest BCUT2D eigenvalue weighted by atomic mass is 10.3. The van der Waals surface area contributed by atoms with Crippen molar-refractivity contribution >= 4 is 11.6 Å². The maximum Gasteiger partial charge on any atom is 0.260 e. The molecule has 1 atom stereocenters. The molecule has 1 aliphatic rings. The molecule has 1 fully saturated rings. The van der Waals surface area contributed by atoms with Gasteiger partial charge in [0.25, 0.3) is 5.91 Å². The van der Waals surface area contributed by atoms with E-state index in [9.17, 15) is 9.90 Å². The van der Waals surface area contributed by atoms with E-state index in [1.54, 1.807) is 12.1 Å². The topological polar surface area (TPSA) is 102 Å². The minimum Gasteiger partial charge on any atom is -0.467 e. The monoisotopic (exact) mass is 293 g/mol. The van der Waals surface area contributed by atoms with Crippen LogP contribution in [0.5, 0.6) is 5.88 Å². The lowest BCUT2D eigenvalue weighted by Gasteiger charge is -2.21. The molecule has 0 spiro atoms. The lowest BCUT2D eigenvalue weighted by molar-refractivity contribution is -0.134. The number of carbonyl (C=O) groups excluding carboxylic acids is 1. The summed E-state index contributed by atoms with van der Waals surface area (Å²) in [6.45, 7) is 1.20. The Morgan fingerprint density at radius 2 is 2.43 bits per heavy atom. The van der Waals surface area contributed by atoms with E-state index in [0.717, 1.165) is 0 Å². The first-order valence-electron chi connectivity index (χ1n) is 6.56. The van der Waals surface area contributed by atoms with Crippen molar-refractivity contribution in [3.05, 3.63) is 18.5 Å². The molecule has 2 aromatic rings. The fourth-order valence-electron chi connectivity index (χ4n) is 2.03. The second-order valence-corrected chi connectivity index (χ2v) is 4.66. The van der Waals surface area contributed by atoms with E-state index in [4.69, 9.17) is 9.47 Å². The summed E-state index contributed by atoms with van der Waals surface area (Å²) in [5.41, 5.74) is 0.599. The quantitative estimate of drug-likeness (QED) is 0.752. The first-order chi connectivity index (χ1) is 10.2. The van der Waals surface area contributed by atoms with Gasteiger partial charge in [-0.25, -0.2) is 0 Å². The molecule has 112 valence electrons. The van der Waals surface area contributed by atoms with Crippen molar-refractivity contribution in [2.75, 3.05) is 32.9 Å². The highest BCUT2D eigenvalue weighted by Crippen LogP contribution is 2.08. The van der Waals surface area contributed by atoms with Gasteiger partial charge in [-0.1, -0.05) is 0 Å². The van der Waals surface area contributed by atoms with Gasteiger partial charge in [0.1, 0.15) is 6.33 Å². The molecule has 3 heterocycles. The zero-order valence-corrected chi connectivity index (χ0v) is 11.3. The molecular weight excluding hydrogens is 278 g/mol. The Hall–Kier alpha value is -2.26. The minimum atomic E-state index is -0.664. The second-order valence-electron chi connectivity index (χ2n) is 4.66. The first kappa shape index (κ1) is 13.7. The molecule has 9 heteroatoms. The smallest absolute Gasteiger partial charge is 0.260 e. The van der Waals surface area contributed by atoms with Crippen molar-refractivity contribution in [2.45, 2.75) is 6.10 Å². The summed E-state index contributed by atoms with van der Waals surface area (Å²) in [5, 5.41) is 21.2. The Kier molecular flexibility index (Phi) is 3.93. The maximum atomic E-state index is 12.1. The molecule has 1 N–H and O–H groups in total. The normalized spacial score (nSPS) is 19.5. The molecule has 0 saturated carbocycles. The fourth-order valence-corrected chi connectivity index (χ4v) is 2.03. The van der Waals surface area contributed by atoms with Crippen LogP contribution in [0.3, 0.4) is 0 Å². The molecule has 0 aliphatic carbocycles. The van der Waals surface area contributed by atoms with E-state index in [-0.39, 0.29) is 25.7 Å². The van der Waals surface area contributed by atoms with Gasteiger partial charge in [0.05, 0.1) is 19.3 Å². The van der Waals surface area contributed by atoms with Crippen LogP contribution < -0.4 is 4.74 Å². The number of ether oxygens (including phenoxy) is 2. The first-order valence-corrected chi connectivity index (χ1v) is 6.56. The fraction of sp³-hybridized carbons (Fsp3) is 0.500. The van der Waals surface area contributed by atoms with Gasteiger partial charge in [-0.05, 0) is 6.07 Å². The van der Waals surface area contributed by atoms with Crippen LogP contribution in [-0.2, 0) is 9.53 Å². The molecular formula is C12H15N5O4. The highest BCUT2D eigenvalue weighted by molar-refractivity contribution is 5.77. The molecule has 0 radical (unpaired) electrons. The van der Waals surface area contributed by atoms with E-state index in [1.165, 1.54) is 15.7 Å². The summed E-state index contributed by atoms with van der Waals surface area (Å²) in [6, 6.07) is 3.32. The molecule has 1 aliphatic heterocycles. The van der Waals surface area contributed by atoms with Gasteiger partial charge in [0, 0.05) is 19.2 Å². The Labute approximate surface area is 120 Å². The average molecular weight is 293 g/mol. The molecule has 9 nitrogen and oxygen atoms in total. The Morgan fingerprint density at radius 3 is 3.33 bits per heavy atom. The van der Waals surface area contributed by atoms with Gasteiger partial charge in [0.2, 0.25) is 5.88 Å². The van der Waals surface area contributed by atoms with E-state index >= 15 is 0 Å². The van der Waals surface area contributed by atoms with Crippen LogP contribution in [-0.4, -0.2) is 74.7 Å². The van der Waals surface area contributed by atoms with E-state index < -0.39 is 6.10 Å². The van der Waals surface area contributed by atoms with Crippen LogP contribution >= 0.6 is 0 Å². The number of amides is 1. The zero-order valence-electron chi connectivity index (χ0n) is 11.3. The third-order valence-corrected chi connectivity index (χ3v) is 3.08. The van der Waals surface area contributed by atoms with Crippen molar-refractivity contribution in [3.8, 4) is 5.88 Å². The summed E-state index contributed by atoms with van der Waals surface area (Å²) in [5.74, 6) is 0.0903. The molecule has 21 heavy (non-hydrogen) atoms. The number of aliphatic hydroxyl groups excluding tert-OH is 1. The van der Waals surface area contributed by atoms with E-state index in [2.05, 4.69) is 15.3 Å². The number of rotatable bonds is 3. The van der Waals surface area contributed by atoms with E-state index in [1.807, 2.05) is 0 Å². The Bertz CT molecular complexity index is 631. The molecule has 3 rings (SSSR count). The van der Waals surface area contributed by atoms with Crippen molar-refractivity contribution < 1.29 is 19.4 Å². The van der Waals surface area contributed by atoms with Gasteiger partial charge in [-0.2, -0.15) is 4.52 Å². The lowest BCUT2D eigenvalue weighted by Crippen LogP contribution is -2.40. The van der Waals surface area contributed by atoms with Crippen LogP contribution in [0.4, 0.5) is 0 Å². The number of β-amino-alcohol motifs (C(OH)–C–C–N with tert-alkyl or cyclic N) is 1. The molecule has 0 bridgehead atoms. The Balaban J connectivity index is 1.59. The highest BCUT2D eigenvalue weighted by atomic mass is 16.5. The minimum absolute atomic E-state index is 0.145. The Morgan fingerprint density at radius 1 is 1.52 bits per heavy atom. The predicted octanol–water partition coefficient (Wildman–Crippen LogP) is -1.28. The van der Waals surface area contributed by atoms with Crippen molar-refractivity contribution in [1.82, 2.24) is 24.7 Å². The number of hydrogen-bond donors (Lipinski definition) is 1. The summed E-state index contributed by atoms with van der Waals surface area (Å²) in [7, 11) is 0. The second kappa shape index (κ2) is 6.02. The molecule has 2 aromatic heterocycles. The van der Waals surface area contributed by atoms with Gasteiger partial charge in [-0.15, -0.1) is 15.3 Å². The summed E-state index contributed by atoms with van der Waals surface area (Å²) in [4.78, 5) is 13.6. The van der Waals surface area contributed by atoms with Crippen LogP contribution in [0.1, 0.15) is 0 Å². The standard InChI is InChI=1S/C12H15N5O4/c18-9-5-16(3-4-20-6-9)12(19)7-21-11-2-1-10-14-13-8-17(10)15-11/h1-2,8-9,18H,3-7H2. The summed E-state index contributed by atoms with van der Waals surface area (Å²) >= 11 is 0. The van der Waals surface area contributed by atoms with E-state index in [0.29, 0.717) is 24.7 Å². The summed E-state index contributed by atoms with van der Waals surface area (Å²) < 4.78 is 12.0. The van der Waals surface area contributed by atoms with Gasteiger partial charge in [-0.3, -0.25) is 4.79 Å². The predicted molar refractivity (Wildman–Crippen MR) is 69.7 cm³/mol.